The van der Waals surface area contributed by atoms with Crippen molar-refractivity contribution in [2.45, 2.75) is 6.92 Å². The van der Waals surface area contributed by atoms with E-state index in [0.717, 1.165) is 26.4 Å². The van der Waals surface area contributed by atoms with Gasteiger partial charge >= 0.3 is 0 Å². The fourth-order valence-corrected chi connectivity index (χ4v) is 3.56. The summed E-state index contributed by atoms with van der Waals surface area (Å²) in [5.74, 6) is 0. The highest BCUT2D eigenvalue weighted by Gasteiger charge is 2.11. The smallest absolute Gasteiger partial charge is 0.274 e. The molecule has 0 atom stereocenters. The van der Waals surface area contributed by atoms with Crippen LogP contribution < -0.4 is 5.56 Å². The molecule has 0 aliphatic rings. The monoisotopic (exact) mass is 292 g/mol. The van der Waals surface area contributed by atoms with Crippen LogP contribution in [0.1, 0.15) is 5.56 Å². The first kappa shape index (κ1) is 12.3. The Morgan fingerprint density at radius 1 is 1.05 bits per heavy atom. The molecule has 0 amide bonds. The van der Waals surface area contributed by atoms with Crippen molar-refractivity contribution < 1.29 is 0 Å². The molecule has 0 saturated carbocycles. The van der Waals surface area contributed by atoms with Crippen molar-refractivity contribution in [2.24, 2.45) is 0 Å². The lowest BCUT2D eigenvalue weighted by Gasteiger charge is -2.06. The number of aryl methyl sites for hydroxylation is 1. The maximum Gasteiger partial charge on any atom is 0.274 e. The predicted molar refractivity (Wildman–Crippen MR) is 87.0 cm³/mol. The lowest BCUT2D eigenvalue weighted by Crippen LogP contribution is -2.08. The second kappa shape index (κ2) is 4.53. The van der Waals surface area contributed by atoms with Gasteiger partial charge < -0.3 is 0 Å². The van der Waals surface area contributed by atoms with Gasteiger partial charge in [0.1, 0.15) is 0 Å². The van der Waals surface area contributed by atoms with Crippen LogP contribution in [-0.4, -0.2) is 9.38 Å². The number of fused-ring (bicyclic) bond motifs is 3. The molecule has 21 heavy (non-hydrogen) atoms. The molecule has 0 radical (unpaired) electrons. The van der Waals surface area contributed by atoms with Crippen molar-refractivity contribution in [3.05, 3.63) is 70.5 Å². The number of hydrogen-bond acceptors (Lipinski definition) is 3. The van der Waals surface area contributed by atoms with Crippen LogP contribution in [0.5, 0.6) is 0 Å². The van der Waals surface area contributed by atoms with Crippen LogP contribution in [0.3, 0.4) is 0 Å². The molecule has 3 nitrogen and oxygen atoms in total. The van der Waals surface area contributed by atoms with Gasteiger partial charge in [0.2, 0.25) is 0 Å². The van der Waals surface area contributed by atoms with Crippen LogP contribution in [0.25, 0.3) is 26.4 Å². The second-order valence-corrected chi connectivity index (χ2v) is 6.04. The molecule has 2 aromatic heterocycles. The lowest BCUT2D eigenvalue weighted by molar-refractivity contribution is 1.15. The van der Waals surface area contributed by atoms with Crippen LogP contribution in [0.2, 0.25) is 0 Å². The standard InChI is InChI=1S/C17H12N2OS/c1-11-6-8-12(9-7-11)14-10-16(20)18-17-19(14)13-4-2-3-5-15(13)21-17/h2-10H,1H3. The van der Waals surface area contributed by atoms with Crippen molar-refractivity contribution in [3.63, 3.8) is 0 Å². The fourth-order valence-electron chi connectivity index (χ4n) is 2.53. The SMILES string of the molecule is Cc1ccc(-c2cc(=O)nc3sc4ccccc4n23)cc1. The Morgan fingerprint density at radius 3 is 2.62 bits per heavy atom. The highest BCUT2D eigenvalue weighted by Crippen LogP contribution is 2.29. The van der Waals surface area contributed by atoms with E-state index in [1.165, 1.54) is 16.9 Å². The van der Waals surface area contributed by atoms with Crippen molar-refractivity contribution in [1.29, 1.82) is 0 Å². The molecule has 0 spiro atoms. The zero-order valence-corrected chi connectivity index (χ0v) is 12.2. The third-order valence-electron chi connectivity index (χ3n) is 3.55. The summed E-state index contributed by atoms with van der Waals surface area (Å²) in [5.41, 5.74) is 4.00. The van der Waals surface area contributed by atoms with E-state index in [1.54, 1.807) is 6.07 Å². The molecule has 0 N–H and O–H groups in total. The summed E-state index contributed by atoms with van der Waals surface area (Å²) in [6, 6.07) is 17.9. The maximum absolute atomic E-state index is 11.9. The van der Waals surface area contributed by atoms with E-state index in [0.29, 0.717) is 0 Å². The Balaban J connectivity index is 2.16. The summed E-state index contributed by atoms with van der Waals surface area (Å²) in [7, 11) is 0. The molecule has 0 bridgehead atoms. The fraction of sp³-hybridized carbons (Fsp3) is 0.0588. The Morgan fingerprint density at radius 2 is 1.81 bits per heavy atom. The van der Waals surface area contributed by atoms with Gasteiger partial charge in [-0.25, -0.2) is 0 Å². The minimum atomic E-state index is -0.197. The van der Waals surface area contributed by atoms with Gasteiger partial charge in [0.15, 0.2) is 4.96 Å². The molecule has 2 aromatic carbocycles. The number of benzene rings is 2. The molecule has 0 fully saturated rings. The Bertz CT molecular complexity index is 1010. The first-order chi connectivity index (χ1) is 10.2. The van der Waals surface area contributed by atoms with Crippen LogP contribution in [0, 0.1) is 6.92 Å². The largest absolute Gasteiger partial charge is 0.284 e. The summed E-state index contributed by atoms with van der Waals surface area (Å²) in [6.07, 6.45) is 0. The second-order valence-electron chi connectivity index (χ2n) is 5.03. The van der Waals surface area contributed by atoms with Crippen LogP contribution >= 0.6 is 11.3 Å². The lowest BCUT2D eigenvalue weighted by atomic mass is 10.1. The molecular formula is C17H12N2OS. The number of thiazole rings is 1. The maximum atomic E-state index is 11.9. The molecule has 4 aromatic rings. The summed E-state index contributed by atoms with van der Waals surface area (Å²) >= 11 is 1.54. The van der Waals surface area contributed by atoms with Crippen molar-refractivity contribution in [1.82, 2.24) is 9.38 Å². The topological polar surface area (TPSA) is 34.4 Å². The first-order valence-corrected chi connectivity index (χ1v) is 7.52. The van der Waals surface area contributed by atoms with Gasteiger partial charge in [-0.15, -0.1) is 0 Å². The number of para-hydroxylation sites is 1. The highest BCUT2D eigenvalue weighted by atomic mass is 32.1. The average molecular weight is 292 g/mol. The van der Waals surface area contributed by atoms with Crippen molar-refractivity contribution >= 4 is 26.5 Å². The van der Waals surface area contributed by atoms with E-state index in [4.69, 9.17) is 0 Å². The van der Waals surface area contributed by atoms with E-state index in [-0.39, 0.29) is 5.56 Å². The normalized spacial score (nSPS) is 11.3. The van der Waals surface area contributed by atoms with Gasteiger partial charge in [0.05, 0.1) is 15.9 Å². The Labute approximate surface area is 125 Å². The van der Waals surface area contributed by atoms with E-state index >= 15 is 0 Å². The van der Waals surface area contributed by atoms with Crippen LogP contribution in [-0.2, 0) is 0 Å². The minimum Gasteiger partial charge on any atom is -0.284 e. The zero-order chi connectivity index (χ0) is 14.4. The van der Waals surface area contributed by atoms with Crippen molar-refractivity contribution in [3.8, 4) is 11.3 Å². The van der Waals surface area contributed by atoms with E-state index < -0.39 is 0 Å². The predicted octanol–water partition coefficient (Wildman–Crippen LogP) is 3.88. The molecule has 0 saturated heterocycles. The van der Waals surface area contributed by atoms with Gasteiger partial charge in [-0.3, -0.25) is 9.20 Å². The van der Waals surface area contributed by atoms with Crippen LogP contribution in [0.4, 0.5) is 0 Å². The molecule has 2 heterocycles. The summed E-state index contributed by atoms with van der Waals surface area (Å²) in [5, 5.41) is 0. The molecule has 4 rings (SSSR count). The van der Waals surface area contributed by atoms with Gasteiger partial charge in [-0.05, 0) is 24.6 Å². The third-order valence-corrected chi connectivity index (χ3v) is 4.57. The van der Waals surface area contributed by atoms with Gasteiger partial charge in [0, 0.05) is 6.07 Å². The number of rotatable bonds is 1. The number of hydrogen-bond donors (Lipinski definition) is 0. The summed E-state index contributed by atoms with van der Waals surface area (Å²) < 4.78 is 3.19. The minimum absolute atomic E-state index is 0.197. The van der Waals surface area contributed by atoms with Gasteiger partial charge in [-0.2, -0.15) is 4.98 Å². The molecule has 0 aliphatic heterocycles. The summed E-state index contributed by atoms with van der Waals surface area (Å²) in [6.45, 7) is 2.05. The summed E-state index contributed by atoms with van der Waals surface area (Å²) in [4.78, 5) is 16.8. The Kier molecular flexibility index (Phi) is 2.65. The van der Waals surface area contributed by atoms with Gasteiger partial charge in [0.25, 0.3) is 5.56 Å². The Hall–Kier alpha value is -2.46. The third kappa shape index (κ3) is 1.96. The van der Waals surface area contributed by atoms with E-state index in [9.17, 15) is 4.79 Å². The molecule has 0 aliphatic carbocycles. The quantitative estimate of drug-likeness (QED) is 0.533. The highest BCUT2D eigenvalue weighted by molar-refractivity contribution is 7.23. The molecule has 4 heteroatoms. The molecule has 0 unspecified atom stereocenters. The number of aromatic nitrogens is 2. The van der Waals surface area contributed by atoms with E-state index in [1.807, 2.05) is 24.3 Å². The first-order valence-electron chi connectivity index (χ1n) is 6.71. The number of nitrogens with zero attached hydrogens (tertiary/aromatic N) is 2. The zero-order valence-electron chi connectivity index (χ0n) is 11.4. The molecule has 102 valence electrons. The van der Waals surface area contributed by atoms with Crippen LogP contribution in [0.15, 0.2) is 59.4 Å². The average Bonchev–Trinajstić information content (AvgIpc) is 2.85. The van der Waals surface area contributed by atoms with E-state index in [2.05, 4.69) is 40.6 Å². The van der Waals surface area contributed by atoms with Gasteiger partial charge in [-0.1, -0.05) is 53.3 Å². The van der Waals surface area contributed by atoms with Crippen molar-refractivity contribution in [2.75, 3.05) is 0 Å². The molecular weight excluding hydrogens is 280 g/mol.